The zero-order valence-corrected chi connectivity index (χ0v) is 11.6. The van der Waals surface area contributed by atoms with Gasteiger partial charge in [-0.05, 0) is 50.8 Å². The minimum atomic E-state index is -0.641. The molecule has 18 heavy (non-hydrogen) atoms. The highest BCUT2D eigenvalue weighted by atomic mass is 19.1. The van der Waals surface area contributed by atoms with Gasteiger partial charge in [-0.1, -0.05) is 6.92 Å². The van der Waals surface area contributed by atoms with Crippen LogP contribution in [-0.2, 0) is 0 Å². The summed E-state index contributed by atoms with van der Waals surface area (Å²) in [5, 5.41) is 9.84. The largest absolute Gasteiger partial charge is 0.389 e. The van der Waals surface area contributed by atoms with Gasteiger partial charge in [-0.15, -0.1) is 0 Å². The molecule has 2 nitrogen and oxygen atoms in total. The fourth-order valence-electron chi connectivity index (χ4n) is 2.90. The molecule has 0 spiro atoms. The Bertz CT molecular complexity index is 444. The first-order chi connectivity index (χ1) is 8.40. The first-order valence-corrected chi connectivity index (χ1v) is 6.65. The second kappa shape index (κ2) is 4.88. The van der Waals surface area contributed by atoms with E-state index in [0.717, 1.165) is 18.7 Å². The first kappa shape index (κ1) is 13.3. The molecule has 2 unspecified atom stereocenters. The highest BCUT2D eigenvalue weighted by Crippen LogP contribution is 2.35. The third kappa shape index (κ3) is 2.37. The summed E-state index contributed by atoms with van der Waals surface area (Å²) in [5.41, 5.74) is 2.32. The maximum Gasteiger partial charge on any atom is 0.126 e. The summed E-state index contributed by atoms with van der Waals surface area (Å²) in [6.45, 7) is 8.86. The molecular weight excluding hydrogens is 229 g/mol. The maximum atomic E-state index is 13.7. The van der Waals surface area contributed by atoms with Crippen molar-refractivity contribution in [3.63, 3.8) is 0 Å². The van der Waals surface area contributed by atoms with Crippen LogP contribution in [0.5, 0.6) is 0 Å². The monoisotopic (exact) mass is 251 g/mol. The second-order valence-electron chi connectivity index (χ2n) is 5.68. The van der Waals surface area contributed by atoms with Crippen LogP contribution in [0.2, 0.25) is 0 Å². The fourth-order valence-corrected chi connectivity index (χ4v) is 2.90. The molecule has 0 saturated carbocycles. The van der Waals surface area contributed by atoms with Crippen molar-refractivity contribution in [1.29, 1.82) is 0 Å². The zero-order valence-electron chi connectivity index (χ0n) is 11.6. The predicted molar refractivity (Wildman–Crippen MR) is 72.4 cm³/mol. The highest BCUT2D eigenvalue weighted by molar-refractivity contribution is 5.58. The van der Waals surface area contributed by atoms with E-state index in [9.17, 15) is 9.50 Å². The Morgan fingerprint density at radius 2 is 2.06 bits per heavy atom. The molecule has 0 aliphatic carbocycles. The molecule has 1 N–H and O–H groups in total. The maximum absolute atomic E-state index is 13.7. The van der Waals surface area contributed by atoms with Gasteiger partial charge in [0, 0.05) is 23.8 Å². The van der Waals surface area contributed by atoms with Crippen LogP contribution in [0.25, 0.3) is 0 Å². The van der Waals surface area contributed by atoms with Gasteiger partial charge in [-0.25, -0.2) is 4.39 Å². The van der Waals surface area contributed by atoms with Gasteiger partial charge < -0.3 is 10.0 Å². The van der Waals surface area contributed by atoms with Crippen LogP contribution in [0.15, 0.2) is 12.1 Å². The van der Waals surface area contributed by atoms with Crippen molar-refractivity contribution in [3.05, 3.63) is 29.1 Å². The van der Waals surface area contributed by atoms with Gasteiger partial charge in [-0.3, -0.25) is 0 Å². The molecule has 3 heteroatoms. The van der Waals surface area contributed by atoms with E-state index in [1.165, 1.54) is 6.07 Å². The molecular formula is C15H22FNO. The molecule has 0 amide bonds. The molecule has 1 fully saturated rings. The van der Waals surface area contributed by atoms with Gasteiger partial charge in [0.05, 0.1) is 6.10 Å². The van der Waals surface area contributed by atoms with Gasteiger partial charge >= 0.3 is 0 Å². The van der Waals surface area contributed by atoms with Crippen LogP contribution >= 0.6 is 0 Å². The van der Waals surface area contributed by atoms with Crippen molar-refractivity contribution < 1.29 is 9.50 Å². The summed E-state index contributed by atoms with van der Waals surface area (Å²) in [6.07, 6.45) is 0.508. The quantitative estimate of drug-likeness (QED) is 0.870. The lowest BCUT2D eigenvalue weighted by atomic mass is 10.0. The van der Waals surface area contributed by atoms with E-state index in [1.807, 2.05) is 6.07 Å². The molecule has 2 rings (SSSR count). The minimum absolute atomic E-state index is 0.241. The Morgan fingerprint density at radius 1 is 1.39 bits per heavy atom. The summed E-state index contributed by atoms with van der Waals surface area (Å²) >= 11 is 0. The number of hydrogen-bond donors (Lipinski definition) is 1. The number of aryl methyl sites for hydroxylation is 1. The van der Waals surface area contributed by atoms with Crippen LogP contribution in [-0.4, -0.2) is 17.7 Å². The molecule has 1 aromatic carbocycles. The molecule has 1 heterocycles. The summed E-state index contributed by atoms with van der Waals surface area (Å²) in [5.74, 6) is 0.404. The topological polar surface area (TPSA) is 23.5 Å². The molecule has 0 aromatic heterocycles. The summed E-state index contributed by atoms with van der Waals surface area (Å²) in [6, 6.07) is 3.79. The Labute approximate surface area is 108 Å². The lowest BCUT2D eigenvalue weighted by Crippen LogP contribution is -2.28. The lowest BCUT2D eigenvalue weighted by Gasteiger charge is -2.28. The second-order valence-corrected chi connectivity index (χ2v) is 5.68. The number of benzene rings is 1. The lowest BCUT2D eigenvalue weighted by molar-refractivity contribution is 0.199. The normalized spacial score (nSPS) is 25.6. The standard InChI is InChI=1S/C15H22FNO/c1-9-5-11(3)17(8-9)15-6-10(2)14(16)7-13(15)12(4)18/h6-7,9,11-12,18H,5,8H2,1-4H3/t9?,11?,12-/m1/s1. The van der Waals surface area contributed by atoms with Crippen LogP contribution in [0.4, 0.5) is 10.1 Å². The van der Waals surface area contributed by atoms with Gasteiger partial charge in [0.1, 0.15) is 5.82 Å². The van der Waals surface area contributed by atoms with Crippen LogP contribution in [0.3, 0.4) is 0 Å². The average molecular weight is 251 g/mol. The molecule has 0 bridgehead atoms. The van der Waals surface area contributed by atoms with Crippen molar-refractivity contribution in [1.82, 2.24) is 0 Å². The number of nitrogens with zero attached hydrogens (tertiary/aromatic N) is 1. The molecule has 1 aromatic rings. The van der Waals surface area contributed by atoms with Gasteiger partial charge in [0.2, 0.25) is 0 Å². The number of rotatable bonds is 2. The van der Waals surface area contributed by atoms with E-state index >= 15 is 0 Å². The first-order valence-electron chi connectivity index (χ1n) is 6.65. The third-order valence-corrected chi connectivity index (χ3v) is 3.85. The minimum Gasteiger partial charge on any atom is -0.389 e. The molecule has 1 aliphatic rings. The number of anilines is 1. The van der Waals surface area contributed by atoms with E-state index in [2.05, 4.69) is 18.7 Å². The van der Waals surface area contributed by atoms with Crippen molar-refractivity contribution >= 4 is 5.69 Å². The Balaban J connectivity index is 2.46. The Morgan fingerprint density at radius 3 is 2.56 bits per heavy atom. The van der Waals surface area contributed by atoms with Crippen LogP contribution < -0.4 is 4.90 Å². The number of aliphatic hydroxyl groups is 1. The van der Waals surface area contributed by atoms with Crippen LogP contribution in [0.1, 0.15) is 44.4 Å². The van der Waals surface area contributed by atoms with Crippen molar-refractivity contribution in [2.24, 2.45) is 5.92 Å². The van der Waals surface area contributed by atoms with Crippen molar-refractivity contribution in [2.45, 2.75) is 46.3 Å². The van der Waals surface area contributed by atoms with Gasteiger partial charge in [0.25, 0.3) is 0 Å². The van der Waals surface area contributed by atoms with Gasteiger partial charge in [0.15, 0.2) is 0 Å². The molecule has 3 atom stereocenters. The summed E-state index contributed by atoms with van der Waals surface area (Å²) in [7, 11) is 0. The predicted octanol–water partition coefficient (Wildman–Crippen LogP) is 3.42. The Kier molecular flexibility index (Phi) is 3.62. The van der Waals surface area contributed by atoms with E-state index in [1.54, 1.807) is 13.8 Å². The zero-order chi connectivity index (χ0) is 13.4. The number of hydrogen-bond acceptors (Lipinski definition) is 2. The summed E-state index contributed by atoms with van der Waals surface area (Å²) in [4.78, 5) is 2.29. The van der Waals surface area contributed by atoms with Crippen molar-refractivity contribution in [3.8, 4) is 0 Å². The number of aliphatic hydroxyl groups excluding tert-OH is 1. The highest BCUT2D eigenvalue weighted by Gasteiger charge is 2.28. The smallest absolute Gasteiger partial charge is 0.126 e. The third-order valence-electron chi connectivity index (χ3n) is 3.85. The average Bonchev–Trinajstić information content (AvgIpc) is 2.61. The molecule has 100 valence electrons. The SMILES string of the molecule is Cc1cc(N2CC(C)CC2C)c([C@@H](C)O)cc1F. The molecule has 1 aliphatic heterocycles. The van der Waals surface area contributed by atoms with E-state index in [-0.39, 0.29) is 5.82 Å². The van der Waals surface area contributed by atoms with E-state index in [4.69, 9.17) is 0 Å². The van der Waals surface area contributed by atoms with E-state index in [0.29, 0.717) is 23.1 Å². The Hall–Kier alpha value is -1.09. The number of halogens is 1. The van der Waals surface area contributed by atoms with Crippen LogP contribution in [0, 0.1) is 18.7 Å². The van der Waals surface area contributed by atoms with E-state index < -0.39 is 6.10 Å². The fraction of sp³-hybridized carbons (Fsp3) is 0.600. The summed E-state index contributed by atoms with van der Waals surface area (Å²) < 4.78 is 13.7. The van der Waals surface area contributed by atoms with Crippen molar-refractivity contribution in [2.75, 3.05) is 11.4 Å². The molecule has 0 radical (unpaired) electrons. The molecule has 1 saturated heterocycles. The van der Waals surface area contributed by atoms with Gasteiger partial charge in [-0.2, -0.15) is 0 Å².